The molecule has 7 heteroatoms. The van der Waals surface area contributed by atoms with Gasteiger partial charge >= 0.3 is 0 Å². The fourth-order valence-corrected chi connectivity index (χ4v) is 4.31. The third-order valence-electron chi connectivity index (χ3n) is 6.08. The average molecular weight is 438 g/mol. The molecule has 1 unspecified atom stereocenters. The van der Waals surface area contributed by atoms with Crippen LogP contribution in [0.25, 0.3) is 11.3 Å². The second-order valence-corrected chi connectivity index (χ2v) is 8.10. The van der Waals surface area contributed by atoms with E-state index in [0.29, 0.717) is 36.0 Å². The number of halogens is 1. The largest absolute Gasteiger partial charge is 0.497 e. The highest BCUT2D eigenvalue weighted by Crippen LogP contribution is 2.33. The van der Waals surface area contributed by atoms with Gasteiger partial charge in [0, 0.05) is 31.6 Å². The Morgan fingerprint density at radius 2 is 1.84 bits per heavy atom. The standard InChI is InChI=1S/C25H28FN3O3/c1-28-23(15-22(27-28)21-14-20(31-2)11-12-24(21)32-3)25(30)29-13-5-4-6-18(16-29)17-7-9-19(26)10-8-17/h7-12,14-15,18H,4-6,13,16H2,1-3H3. The van der Waals surface area contributed by atoms with Gasteiger partial charge in [-0.3, -0.25) is 9.48 Å². The predicted molar refractivity (Wildman–Crippen MR) is 121 cm³/mol. The Morgan fingerprint density at radius 3 is 2.56 bits per heavy atom. The molecule has 32 heavy (non-hydrogen) atoms. The number of hydrogen-bond acceptors (Lipinski definition) is 4. The molecular weight excluding hydrogens is 409 g/mol. The summed E-state index contributed by atoms with van der Waals surface area (Å²) in [6.45, 7) is 1.30. The monoisotopic (exact) mass is 437 g/mol. The first-order chi connectivity index (χ1) is 15.5. The number of amides is 1. The van der Waals surface area contributed by atoms with Crippen molar-refractivity contribution in [3.8, 4) is 22.8 Å². The number of hydrogen-bond donors (Lipinski definition) is 0. The Hall–Kier alpha value is -3.35. The maximum atomic E-state index is 13.5. The molecule has 0 bridgehead atoms. The quantitative estimate of drug-likeness (QED) is 0.583. The zero-order valence-corrected chi connectivity index (χ0v) is 18.7. The van der Waals surface area contributed by atoms with Crippen molar-refractivity contribution < 1.29 is 18.7 Å². The van der Waals surface area contributed by atoms with Crippen LogP contribution in [0.1, 0.15) is 41.2 Å². The summed E-state index contributed by atoms with van der Waals surface area (Å²) in [7, 11) is 4.99. The normalized spacial score (nSPS) is 16.5. The topological polar surface area (TPSA) is 56.6 Å². The number of likely N-dealkylation sites (tertiary alicyclic amines) is 1. The minimum absolute atomic E-state index is 0.0536. The zero-order valence-electron chi connectivity index (χ0n) is 18.7. The molecule has 1 amide bonds. The molecule has 0 N–H and O–H groups in total. The van der Waals surface area contributed by atoms with Crippen LogP contribution in [0.15, 0.2) is 48.5 Å². The van der Waals surface area contributed by atoms with Crippen LogP contribution in [0.3, 0.4) is 0 Å². The van der Waals surface area contributed by atoms with Crippen molar-refractivity contribution in [1.29, 1.82) is 0 Å². The number of benzene rings is 2. The molecular formula is C25H28FN3O3. The molecule has 0 aliphatic carbocycles. The highest BCUT2D eigenvalue weighted by molar-refractivity contribution is 5.94. The SMILES string of the molecule is COc1ccc(OC)c(-c2cc(C(=O)N3CCCCC(c4ccc(F)cc4)C3)n(C)n2)c1. The third-order valence-corrected chi connectivity index (χ3v) is 6.08. The Bertz CT molecular complexity index is 1090. The van der Waals surface area contributed by atoms with Crippen LogP contribution >= 0.6 is 0 Å². The second-order valence-electron chi connectivity index (χ2n) is 8.10. The number of aryl methyl sites for hydroxylation is 1. The Labute approximate surface area is 187 Å². The molecule has 1 aliphatic rings. The maximum absolute atomic E-state index is 13.5. The van der Waals surface area contributed by atoms with Gasteiger partial charge in [0.2, 0.25) is 0 Å². The van der Waals surface area contributed by atoms with Crippen LogP contribution in [0, 0.1) is 5.82 Å². The van der Waals surface area contributed by atoms with Crippen molar-refractivity contribution in [2.24, 2.45) is 7.05 Å². The molecule has 1 aliphatic heterocycles. The van der Waals surface area contributed by atoms with Crippen molar-refractivity contribution in [1.82, 2.24) is 14.7 Å². The lowest BCUT2D eigenvalue weighted by Gasteiger charge is -2.24. The smallest absolute Gasteiger partial charge is 0.272 e. The maximum Gasteiger partial charge on any atom is 0.272 e. The summed E-state index contributed by atoms with van der Waals surface area (Å²) in [5.41, 5.74) is 3.00. The highest BCUT2D eigenvalue weighted by atomic mass is 19.1. The number of nitrogens with zero attached hydrogens (tertiary/aromatic N) is 3. The van der Waals surface area contributed by atoms with Crippen LogP contribution in [0.5, 0.6) is 11.5 Å². The average Bonchev–Trinajstić information content (AvgIpc) is 3.03. The van der Waals surface area contributed by atoms with Crippen molar-refractivity contribution in [3.05, 3.63) is 65.6 Å². The van der Waals surface area contributed by atoms with Gasteiger partial charge in [0.25, 0.3) is 5.91 Å². The minimum atomic E-state index is -0.245. The van der Waals surface area contributed by atoms with Gasteiger partial charge in [0.1, 0.15) is 23.0 Å². The van der Waals surface area contributed by atoms with Crippen LogP contribution in [0.2, 0.25) is 0 Å². The van der Waals surface area contributed by atoms with Crippen LogP contribution in [0.4, 0.5) is 4.39 Å². The molecule has 1 aromatic heterocycles. The lowest BCUT2D eigenvalue weighted by atomic mass is 9.94. The van der Waals surface area contributed by atoms with Crippen LogP contribution in [-0.4, -0.2) is 47.9 Å². The van der Waals surface area contributed by atoms with E-state index in [4.69, 9.17) is 9.47 Å². The first-order valence-electron chi connectivity index (χ1n) is 10.8. The highest BCUT2D eigenvalue weighted by Gasteiger charge is 2.27. The number of ether oxygens (including phenoxy) is 2. The molecule has 0 radical (unpaired) electrons. The molecule has 4 rings (SSSR count). The van der Waals surface area contributed by atoms with Gasteiger partial charge in [-0.05, 0) is 54.8 Å². The first-order valence-corrected chi connectivity index (χ1v) is 10.8. The Balaban J connectivity index is 1.61. The number of methoxy groups -OCH3 is 2. The Morgan fingerprint density at radius 1 is 1.06 bits per heavy atom. The van der Waals surface area contributed by atoms with Crippen molar-refractivity contribution in [3.63, 3.8) is 0 Å². The summed E-state index contributed by atoms with van der Waals surface area (Å²) in [5.74, 6) is 1.24. The zero-order chi connectivity index (χ0) is 22.7. The van der Waals surface area contributed by atoms with Crippen molar-refractivity contribution in [2.45, 2.75) is 25.2 Å². The van der Waals surface area contributed by atoms with E-state index in [2.05, 4.69) is 5.10 Å². The summed E-state index contributed by atoms with van der Waals surface area (Å²) in [4.78, 5) is 15.4. The van der Waals surface area contributed by atoms with E-state index < -0.39 is 0 Å². The summed E-state index contributed by atoms with van der Waals surface area (Å²) < 4.78 is 25.8. The van der Waals surface area contributed by atoms with Gasteiger partial charge in [-0.25, -0.2) is 4.39 Å². The van der Waals surface area contributed by atoms with Crippen LogP contribution in [-0.2, 0) is 7.05 Å². The predicted octanol–water partition coefficient (Wildman–Crippen LogP) is 4.65. The van der Waals surface area contributed by atoms with Crippen molar-refractivity contribution in [2.75, 3.05) is 27.3 Å². The molecule has 6 nitrogen and oxygen atoms in total. The fraction of sp³-hybridized carbons (Fsp3) is 0.360. The number of carbonyl (C=O) groups excluding carboxylic acids is 1. The minimum Gasteiger partial charge on any atom is -0.497 e. The van der Waals surface area contributed by atoms with E-state index in [-0.39, 0.29) is 17.6 Å². The van der Waals surface area contributed by atoms with Gasteiger partial charge in [-0.1, -0.05) is 18.6 Å². The first kappa shape index (κ1) is 21.9. The number of carbonyl (C=O) groups is 1. The number of aromatic nitrogens is 2. The molecule has 3 aromatic rings. The van der Waals surface area contributed by atoms with E-state index in [1.165, 1.54) is 12.1 Å². The molecule has 2 aromatic carbocycles. The second kappa shape index (κ2) is 9.42. The molecule has 0 spiro atoms. The Kier molecular flexibility index (Phi) is 6.44. The molecule has 0 saturated carbocycles. The van der Waals surface area contributed by atoms with Gasteiger partial charge in [-0.2, -0.15) is 5.10 Å². The van der Waals surface area contributed by atoms with Gasteiger partial charge in [0.05, 0.1) is 19.9 Å². The molecule has 1 saturated heterocycles. The van der Waals surface area contributed by atoms with E-state index in [1.54, 1.807) is 32.0 Å². The van der Waals surface area contributed by atoms with Crippen molar-refractivity contribution >= 4 is 5.91 Å². The third kappa shape index (κ3) is 4.47. The number of rotatable bonds is 5. The van der Waals surface area contributed by atoms with Gasteiger partial charge < -0.3 is 14.4 Å². The summed E-state index contributed by atoms with van der Waals surface area (Å²) >= 11 is 0. The van der Waals surface area contributed by atoms with Gasteiger partial charge in [-0.15, -0.1) is 0 Å². The molecule has 1 fully saturated rings. The summed E-state index contributed by atoms with van der Waals surface area (Å²) in [6.07, 6.45) is 2.95. The molecule has 168 valence electrons. The van der Waals surface area contributed by atoms with E-state index in [1.807, 2.05) is 35.2 Å². The summed E-state index contributed by atoms with van der Waals surface area (Å²) in [5, 5.41) is 4.58. The van der Waals surface area contributed by atoms with E-state index in [9.17, 15) is 9.18 Å². The fourth-order valence-electron chi connectivity index (χ4n) is 4.31. The van der Waals surface area contributed by atoms with Gasteiger partial charge in [0.15, 0.2) is 0 Å². The molecule has 1 atom stereocenters. The lowest BCUT2D eigenvalue weighted by molar-refractivity contribution is 0.0743. The molecule has 2 heterocycles. The van der Waals surface area contributed by atoms with E-state index in [0.717, 1.165) is 30.4 Å². The summed E-state index contributed by atoms with van der Waals surface area (Å²) in [6, 6.07) is 13.9. The van der Waals surface area contributed by atoms with Crippen LogP contribution < -0.4 is 9.47 Å². The lowest BCUT2D eigenvalue weighted by Crippen LogP contribution is -2.35. The van der Waals surface area contributed by atoms with E-state index >= 15 is 0 Å².